The second-order valence-electron chi connectivity index (χ2n) is 2.19. The van der Waals surface area contributed by atoms with Gasteiger partial charge in [-0.15, -0.1) is 6.58 Å². The number of benzene rings is 1. The first kappa shape index (κ1) is 11.9. The Bertz CT molecular complexity index is 289. The first-order chi connectivity index (χ1) is 6.06. The highest BCUT2D eigenvalue weighted by molar-refractivity contribution is 7.85. The van der Waals surface area contributed by atoms with Crippen LogP contribution in [0, 0.1) is 0 Å². The van der Waals surface area contributed by atoms with Crippen molar-refractivity contribution < 1.29 is 13.0 Å². The Hall–Kier alpha value is -1.13. The highest BCUT2D eigenvalue weighted by Gasteiger charge is 1.95. The van der Waals surface area contributed by atoms with Crippen LogP contribution in [-0.2, 0) is 10.1 Å². The van der Waals surface area contributed by atoms with E-state index in [1.165, 1.54) is 0 Å². The molecule has 0 aliphatic carbocycles. The van der Waals surface area contributed by atoms with Crippen molar-refractivity contribution in [1.29, 1.82) is 0 Å². The van der Waals surface area contributed by atoms with Gasteiger partial charge >= 0.3 is 0 Å². The van der Waals surface area contributed by atoms with Gasteiger partial charge in [0.1, 0.15) is 0 Å². The zero-order valence-electron chi connectivity index (χ0n) is 7.13. The van der Waals surface area contributed by atoms with Crippen LogP contribution in [0.5, 0.6) is 0 Å². The van der Waals surface area contributed by atoms with Crippen molar-refractivity contribution in [3.8, 4) is 0 Å². The third-order valence-electron chi connectivity index (χ3n) is 0.995. The van der Waals surface area contributed by atoms with Crippen LogP contribution in [0.15, 0.2) is 49.1 Å². The largest absolute Gasteiger partial charge is 0.285 e. The molecule has 1 aromatic rings. The summed E-state index contributed by atoms with van der Waals surface area (Å²) >= 11 is 0. The van der Waals surface area contributed by atoms with Crippen LogP contribution in [0.3, 0.4) is 0 Å². The van der Waals surface area contributed by atoms with Gasteiger partial charge in [-0.25, -0.2) is 0 Å². The monoisotopic (exact) mass is 200 g/mol. The van der Waals surface area contributed by atoms with E-state index in [0.717, 1.165) is 6.08 Å². The van der Waals surface area contributed by atoms with Crippen LogP contribution in [-0.4, -0.2) is 18.7 Å². The minimum absolute atomic E-state index is 0.368. The maximum Gasteiger partial charge on any atom is 0.268 e. The van der Waals surface area contributed by atoms with E-state index in [1.54, 1.807) is 0 Å². The molecule has 72 valence electrons. The van der Waals surface area contributed by atoms with Crippen LogP contribution >= 0.6 is 0 Å². The molecular weight excluding hydrogens is 188 g/mol. The molecule has 0 bridgehead atoms. The lowest BCUT2D eigenvalue weighted by atomic mass is 10.4. The van der Waals surface area contributed by atoms with Gasteiger partial charge in [0.05, 0.1) is 5.75 Å². The van der Waals surface area contributed by atoms with Gasteiger partial charge in [-0.05, 0) is 0 Å². The summed E-state index contributed by atoms with van der Waals surface area (Å²) in [6.45, 7) is 3.11. The number of hydrogen-bond donors (Lipinski definition) is 1. The highest BCUT2D eigenvalue weighted by atomic mass is 32.2. The summed E-state index contributed by atoms with van der Waals surface area (Å²) in [6, 6.07) is 12.0. The second kappa shape index (κ2) is 6.39. The van der Waals surface area contributed by atoms with Gasteiger partial charge in [-0.1, -0.05) is 42.5 Å². The molecule has 0 saturated heterocycles. The van der Waals surface area contributed by atoms with Crippen LogP contribution in [0.2, 0.25) is 0 Å². The fraction of sp³-hybridized carbons (Fsp3) is 0.111. The van der Waals surface area contributed by atoms with Crippen LogP contribution in [0.4, 0.5) is 0 Å². The first-order valence-electron chi connectivity index (χ1n) is 3.62. The third kappa shape index (κ3) is 10.9. The predicted molar refractivity (Wildman–Crippen MR) is 53.1 cm³/mol. The molecule has 1 rings (SSSR count). The Morgan fingerprint density at radius 1 is 1.08 bits per heavy atom. The van der Waals surface area contributed by atoms with E-state index >= 15 is 0 Å². The summed E-state index contributed by atoms with van der Waals surface area (Å²) < 4.78 is 27.3. The summed E-state index contributed by atoms with van der Waals surface area (Å²) in [6.07, 6.45) is 1.12. The third-order valence-corrected chi connectivity index (χ3v) is 1.65. The molecule has 0 aromatic heterocycles. The Labute approximate surface area is 78.5 Å². The SMILES string of the molecule is C=CCS(=O)(=O)O.c1ccccc1. The van der Waals surface area contributed by atoms with E-state index in [2.05, 4.69) is 6.58 Å². The van der Waals surface area contributed by atoms with E-state index in [1.807, 2.05) is 36.4 Å². The molecule has 3 nitrogen and oxygen atoms in total. The zero-order chi connectivity index (χ0) is 10.2. The molecule has 0 amide bonds. The standard InChI is InChI=1S/C6H6.C3H6O3S/c1-2-4-6-5-3-1;1-2-3-7(4,5)6/h1-6H;2H,1,3H2,(H,4,5,6). The molecule has 0 aliphatic heterocycles. The molecule has 0 aliphatic rings. The Morgan fingerprint density at radius 2 is 1.38 bits per heavy atom. The van der Waals surface area contributed by atoms with Crippen molar-refractivity contribution in [2.75, 3.05) is 5.75 Å². The van der Waals surface area contributed by atoms with Gasteiger partial charge in [-0.3, -0.25) is 4.55 Å². The minimum Gasteiger partial charge on any atom is -0.285 e. The topological polar surface area (TPSA) is 54.4 Å². The Kier molecular flexibility index (Phi) is 5.84. The van der Waals surface area contributed by atoms with E-state index < -0.39 is 10.1 Å². The quantitative estimate of drug-likeness (QED) is 0.584. The normalized spacial score (nSPS) is 9.62. The molecule has 0 heterocycles. The molecular formula is C9H12O3S. The molecule has 1 aromatic carbocycles. The molecule has 0 fully saturated rings. The lowest BCUT2D eigenvalue weighted by Gasteiger charge is -1.82. The van der Waals surface area contributed by atoms with Crippen molar-refractivity contribution in [2.45, 2.75) is 0 Å². The zero-order valence-corrected chi connectivity index (χ0v) is 7.94. The lowest BCUT2D eigenvalue weighted by molar-refractivity contribution is 0.487. The average molecular weight is 200 g/mol. The van der Waals surface area contributed by atoms with Crippen molar-refractivity contribution >= 4 is 10.1 Å². The van der Waals surface area contributed by atoms with E-state index in [0.29, 0.717) is 0 Å². The Balaban J connectivity index is 0.000000223. The summed E-state index contributed by atoms with van der Waals surface area (Å²) in [5.74, 6) is -0.368. The predicted octanol–water partition coefficient (Wildman–Crippen LogP) is 1.75. The number of rotatable bonds is 2. The fourth-order valence-corrected chi connectivity index (χ4v) is 0.832. The highest BCUT2D eigenvalue weighted by Crippen LogP contribution is 1.80. The molecule has 13 heavy (non-hydrogen) atoms. The van der Waals surface area contributed by atoms with E-state index in [4.69, 9.17) is 4.55 Å². The summed E-state index contributed by atoms with van der Waals surface area (Å²) in [7, 11) is -3.79. The molecule has 0 unspecified atom stereocenters. The van der Waals surface area contributed by atoms with Gasteiger partial charge in [0, 0.05) is 0 Å². The van der Waals surface area contributed by atoms with Crippen LogP contribution < -0.4 is 0 Å². The van der Waals surface area contributed by atoms with Gasteiger partial charge < -0.3 is 0 Å². The van der Waals surface area contributed by atoms with Crippen LogP contribution in [0.1, 0.15) is 0 Å². The van der Waals surface area contributed by atoms with Crippen molar-refractivity contribution in [2.24, 2.45) is 0 Å². The van der Waals surface area contributed by atoms with Crippen molar-refractivity contribution in [1.82, 2.24) is 0 Å². The molecule has 0 spiro atoms. The van der Waals surface area contributed by atoms with E-state index in [-0.39, 0.29) is 5.75 Å². The summed E-state index contributed by atoms with van der Waals surface area (Å²) in [5, 5.41) is 0. The number of hydrogen-bond acceptors (Lipinski definition) is 2. The fourth-order valence-electron chi connectivity index (χ4n) is 0.534. The second-order valence-corrected chi connectivity index (χ2v) is 3.69. The minimum atomic E-state index is -3.79. The van der Waals surface area contributed by atoms with E-state index in [9.17, 15) is 8.42 Å². The van der Waals surface area contributed by atoms with Crippen molar-refractivity contribution in [3.63, 3.8) is 0 Å². The first-order valence-corrected chi connectivity index (χ1v) is 5.23. The van der Waals surface area contributed by atoms with Crippen molar-refractivity contribution in [3.05, 3.63) is 49.1 Å². The maximum atomic E-state index is 9.72. The summed E-state index contributed by atoms with van der Waals surface area (Å²) in [5.41, 5.74) is 0. The van der Waals surface area contributed by atoms with Gasteiger partial charge in [0.25, 0.3) is 10.1 Å². The molecule has 0 atom stereocenters. The lowest BCUT2D eigenvalue weighted by Crippen LogP contribution is -1.99. The molecule has 4 heteroatoms. The molecule has 1 N–H and O–H groups in total. The van der Waals surface area contributed by atoms with Crippen LogP contribution in [0.25, 0.3) is 0 Å². The smallest absolute Gasteiger partial charge is 0.268 e. The molecule has 0 radical (unpaired) electrons. The molecule has 0 saturated carbocycles. The van der Waals surface area contributed by atoms with Gasteiger partial charge in [-0.2, -0.15) is 8.42 Å². The Morgan fingerprint density at radius 3 is 1.46 bits per heavy atom. The average Bonchev–Trinajstić information content (AvgIpc) is 2.06. The van der Waals surface area contributed by atoms with Gasteiger partial charge in [0.2, 0.25) is 0 Å². The van der Waals surface area contributed by atoms with Gasteiger partial charge in [0.15, 0.2) is 0 Å². The maximum absolute atomic E-state index is 9.72. The summed E-state index contributed by atoms with van der Waals surface area (Å²) in [4.78, 5) is 0.